The van der Waals surface area contributed by atoms with E-state index in [1.165, 1.54) is 31.7 Å². The highest BCUT2D eigenvalue weighted by Gasteiger charge is 2.25. The van der Waals surface area contributed by atoms with Crippen LogP contribution in [0.25, 0.3) is 22.3 Å². The van der Waals surface area contributed by atoms with Gasteiger partial charge in [0.05, 0.1) is 12.7 Å². The third-order valence-corrected chi connectivity index (χ3v) is 8.24. The van der Waals surface area contributed by atoms with E-state index in [4.69, 9.17) is 4.74 Å². The summed E-state index contributed by atoms with van der Waals surface area (Å²) < 4.78 is 50.9. The maximum absolute atomic E-state index is 15.1. The molecular weight excluding hydrogens is 505 g/mol. The molecule has 1 heterocycles. The molecule has 0 N–H and O–H groups in total. The summed E-state index contributed by atoms with van der Waals surface area (Å²) in [5, 5.41) is 0. The van der Waals surface area contributed by atoms with Gasteiger partial charge < -0.3 is 4.74 Å². The van der Waals surface area contributed by atoms with E-state index in [0.717, 1.165) is 56.1 Å². The summed E-state index contributed by atoms with van der Waals surface area (Å²) in [6.07, 6.45) is 14.1. The highest BCUT2D eigenvalue weighted by atomic mass is 19.2. The lowest BCUT2D eigenvalue weighted by Gasteiger charge is -2.29. The van der Waals surface area contributed by atoms with Crippen LogP contribution in [-0.4, -0.2) is 6.61 Å². The SMILES string of the molecule is C=CCCC1CCC(c2ccc(-c3ccc(-c4ccc(CCCCCCCCC)c(F)c4F)cc3)cc2F)OC1. The van der Waals surface area contributed by atoms with Crippen molar-refractivity contribution in [3.05, 3.63) is 95.8 Å². The van der Waals surface area contributed by atoms with Crippen LogP contribution in [-0.2, 0) is 11.2 Å². The van der Waals surface area contributed by atoms with Gasteiger partial charge in [-0.15, -0.1) is 6.58 Å². The Morgan fingerprint density at radius 1 is 0.800 bits per heavy atom. The summed E-state index contributed by atoms with van der Waals surface area (Å²) in [5.74, 6) is -1.32. The summed E-state index contributed by atoms with van der Waals surface area (Å²) in [6.45, 7) is 6.63. The summed E-state index contributed by atoms with van der Waals surface area (Å²) in [4.78, 5) is 0. The first-order valence-electron chi connectivity index (χ1n) is 15.1. The molecule has 4 rings (SSSR count). The zero-order valence-electron chi connectivity index (χ0n) is 23.9. The van der Waals surface area contributed by atoms with Gasteiger partial charge in [-0.3, -0.25) is 0 Å². The molecule has 1 aliphatic rings. The molecule has 1 fully saturated rings. The van der Waals surface area contributed by atoms with Gasteiger partial charge in [0.15, 0.2) is 11.6 Å². The quantitative estimate of drug-likeness (QED) is 0.144. The number of unbranched alkanes of at least 4 members (excludes halogenated alkanes) is 6. The first-order valence-corrected chi connectivity index (χ1v) is 15.1. The second-order valence-electron chi connectivity index (χ2n) is 11.2. The molecule has 0 aromatic heterocycles. The molecule has 1 saturated heterocycles. The standard InChI is InChI=1S/C36H43F3O/c1-3-5-7-8-9-10-11-13-29-19-21-31(36(39)35(29)38)28-17-15-27(16-18-28)30-20-22-32(33(37)24-30)34-23-14-26(25-40-34)12-6-4-2/h4,15-22,24,26,34H,2-3,5-14,23,25H2,1H3. The highest BCUT2D eigenvalue weighted by Crippen LogP contribution is 2.36. The number of halogens is 3. The van der Waals surface area contributed by atoms with E-state index in [1.807, 2.05) is 30.3 Å². The van der Waals surface area contributed by atoms with Crippen molar-refractivity contribution < 1.29 is 17.9 Å². The van der Waals surface area contributed by atoms with E-state index in [-0.39, 0.29) is 17.5 Å². The molecular formula is C36H43F3O. The molecule has 2 atom stereocenters. The van der Waals surface area contributed by atoms with Gasteiger partial charge in [0.2, 0.25) is 0 Å². The van der Waals surface area contributed by atoms with Crippen LogP contribution < -0.4 is 0 Å². The van der Waals surface area contributed by atoms with Crippen LogP contribution in [0.2, 0.25) is 0 Å². The van der Waals surface area contributed by atoms with Crippen molar-refractivity contribution in [2.45, 2.75) is 90.1 Å². The minimum atomic E-state index is -0.803. The second-order valence-corrected chi connectivity index (χ2v) is 11.2. The molecule has 0 bridgehead atoms. The monoisotopic (exact) mass is 548 g/mol. The number of hydrogen-bond acceptors (Lipinski definition) is 1. The summed E-state index contributed by atoms with van der Waals surface area (Å²) in [5.41, 5.74) is 3.44. The maximum atomic E-state index is 15.1. The Bertz CT molecular complexity index is 1230. The zero-order chi connectivity index (χ0) is 28.3. The molecule has 1 nitrogen and oxygen atoms in total. The molecule has 0 saturated carbocycles. The first kappa shape index (κ1) is 30.1. The Morgan fingerprint density at radius 2 is 1.50 bits per heavy atom. The second kappa shape index (κ2) is 15.2. The third kappa shape index (κ3) is 7.87. The number of aryl methyl sites for hydroxylation is 1. The van der Waals surface area contributed by atoms with Crippen LogP contribution in [0.4, 0.5) is 13.2 Å². The lowest BCUT2D eigenvalue weighted by Crippen LogP contribution is -2.21. The lowest BCUT2D eigenvalue weighted by atomic mass is 9.90. The Labute approximate surface area is 238 Å². The number of benzene rings is 3. The van der Waals surface area contributed by atoms with Crippen molar-refractivity contribution in [3.8, 4) is 22.3 Å². The fourth-order valence-electron chi connectivity index (χ4n) is 5.72. The van der Waals surface area contributed by atoms with Gasteiger partial charge in [-0.1, -0.05) is 100 Å². The largest absolute Gasteiger partial charge is 0.373 e. The van der Waals surface area contributed by atoms with E-state index in [0.29, 0.717) is 35.6 Å². The topological polar surface area (TPSA) is 9.23 Å². The third-order valence-electron chi connectivity index (χ3n) is 8.24. The van der Waals surface area contributed by atoms with Crippen LogP contribution >= 0.6 is 0 Å². The van der Waals surface area contributed by atoms with E-state index < -0.39 is 11.6 Å². The fraction of sp³-hybridized carbons (Fsp3) is 0.444. The van der Waals surface area contributed by atoms with E-state index in [9.17, 15) is 4.39 Å². The predicted molar refractivity (Wildman–Crippen MR) is 160 cm³/mol. The van der Waals surface area contributed by atoms with Gasteiger partial charge in [-0.05, 0) is 72.8 Å². The van der Waals surface area contributed by atoms with Gasteiger partial charge in [0.25, 0.3) is 0 Å². The number of hydrogen-bond donors (Lipinski definition) is 0. The van der Waals surface area contributed by atoms with Crippen LogP contribution in [0.1, 0.15) is 94.8 Å². The molecule has 0 spiro atoms. The smallest absolute Gasteiger partial charge is 0.166 e. The Hall–Kier alpha value is -2.85. The minimum Gasteiger partial charge on any atom is -0.373 e. The van der Waals surface area contributed by atoms with Gasteiger partial charge in [-0.25, -0.2) is 13.2 Å². The van der Waals surface area contributed by atoms with Crippen molar-refractivity contribution in [1.29, 1.82) is 0 Å². The number of ether oxygens (including phenoxy) is 1. The molecule has 0 aliphatic carbocycles. The molecule has 3 aromatic carbocycles. The Balaban J connectivity index is 1.36. The van der Waals surface area contributed by atoms with Crippen LogP contribution in [0.15, 0.2) is 67.3 Å². The van der Waals surface area contributed by atoms with E-state index in [1.54, 1.807) is 24.3 Å². The zero-order valence-corrected chi connectivity index (χ0v) is 23.9. The lowest BCUT2D eigenvalue weighted by molar-refractivity contribution is -0.0207. The molecule has 4 heteroatoms. The number of allylic oxidation sites excluding steroid dienone is 1. The summed E-state index contributed by atoms with van der Waals surface area (Å²) in [7, 11) is 0. The molecule has 1 aliphatic heterocycles. The molecule has 2 unspecified atom stereocenters. The molecule has 0 radical (unpaired) electrons. The van der Waals surface area contributed by atoms with Gasteiger partial charge >= 0.3 is 0 Å². The van der Waals surface area contributed by atoms with E-state index in [2.05, 4.69) is 13.5 Å². The van der Waals surface area contributed by atoms with Gasteiger partial charge in [0.1, 0.15) is 5.82 Å². The molecule has 214 valence electrons. The summed E-state index contributed by atoms with van der Waals surface area (Å²) in [6, 6.07) is 15.8. The van der Waals surface area contributed by atoms with Crippen LogP contribution in [0, 0.1) is 23.4 Å². The average Bonchev–Trinajstić information content (AvgIpc) is 2.98. The molecule has 3 aromatic rings. The normalized spacial score (nSPS) is 17.2. The molecule has 40 heavy (non-hydrogen) atoms. The minimum absolute atomic E-state index is 0.219. The summed E-state index contributed by atoms with van der Waals surface area (Å²) >= 11 is 0. The van der Waals surface area contributed by atoms with Crippen LogP contribution in [0.3, 0.4) is 0 Å². The van der Waals surface area contributed by atoms with Crippen molar-refractivity contribution in [3.63, 3.8) is 0 Å². The fourth-order valence-corrected chi connectivity index (χ4v) is 5.72. The van der Waals surface area contributed by atoms with Gasteiger partial charge in [0, 0.05) is 11.1 Å². The molecule has 0 amide bonds. The Kier molecular flexibility index (Phi) is 11.5. The van der Waals surface area contributed by atoms with Crippen molar-refractivity contribution >= 4 is 0 Å². The van der Waals surface area contributed by atoms with E-state index >= 15 is 8.78 Å². The van der Waals surface area contributed by atoms with Crippen molar-refractivity contribution in [2.24, 2.45) is 5.92 Å². The Morgan fingerprint density at radius 3 is 2.17 bits per heavy atom. The number of rotatable bonds is 14. The predicted octanol–water partition coefficient (Wildman–Crippen LogP) is 11.2. The highest BCUT2D eigenvalue weighted by molar-refractivity contribution is 5.71. The average molecular weight is 549 g/mol. The maximum Gasteiger partial charge on any atom is 0.166 e. The van der Waals surface area contributed by atoms with Crippen molar-refractivity contribution in [1.82, 2.24) is 0 Å². The van der Waals surface area contributed by atoms with Crippen molar-refractivity contribution in [2.75, 3.05) is 6.61 Å². The first-order chi connectivity index (χ1) is 19.5. The van der Waals surface area contributed by atoms with Gasteiger partial charge in [-0.2, -0.15) is 0 Å². The van der Waals surface area contributed by atoms with Crippen LogP contribution in [0.5, 0.6) is 0 Å².